The molecule has 0 aliphatic carbocycles. The average molecular weight is 474 g/mol. The molecule has 0 radical (unpaired) electrons. The van der Waals surface area contributed by atoms with Gasteiger partial charge in [-0.3, -0.25) is 14.4 Å². The second-order valence-corrected chi connectivity index (χ2v) is 8.66. The molecule has 0 spiro atoms. The third-order valence-corrected chi connectivity index (χ3v) is 5.74. The van der Waals surface area contributed by atoms with Crippen LogP contribution in [0.1, 0.15) is 37.3 Å². The summed E-state index contributed by atoms with van der Waals surface area (Å²) < 4.78 is 5.46. The standard InChI is InChI=1S/C29H31NO5/c1-21(29(34)35-20-23-8-4-2-5-9-23)18-26(30-27(31)16-17-28(32)33)19-22-12-14-25(15-13-22)24-10-6-3-7-11-24/h2-15,21,26H,16-20H2,1H3,(H,30,31)(H,32,33)/t21-,26+/m1/s1. The van der Waals surface area contributed by atoms with Gasteiger partial charge in [-0.1, -0.05) is 91.9 Å². The number of carbonyl (C=O) groups is 3. The smallest absolute Gasteiger partial charge is 0.309 e. The molecule has 6 heteroatoms. The summed E-state index contributed by atoms with van der Waals surface area (Å²) in [4.78, 5) is 35.8. The Morgan fingerprint density at radius 1 is 0.800 bits per heavy atom. The maximum absolute atomic E-state index is 12.6. The maximum Gasteiger partial charge on any atom is 0.309 e. The van der Waals surface area contributed by atoms with E-state index in [0.717, 1.165) is 22.3 Å². The lowest BCUT2D eigenvalue weighted by Crippen LogP contribution is -2.39. The molecule has 0 heterocycles. The first-order chi connectivity index (χ1) is 16.9. The Balaban J connectivity index is 1.64. The van der Waals surface area contributed by atoms with Crippen LogP contribution in [-0.4, -0.2) is 29.0 Å². The van der Waals surface area contributed by atoms with Crippen LogP contribution >= 0.6 is 0 Å². The fourth-order valence-electron chi connectivity index (χ4n) is 3.86. The third kappa shape index (κ3) is 8.74. The minimum Gasteiger partial charge on any atom is -0.481 e. The Kier molecular flexibility index (Phi) is 9.60. The highest BCUT2D eigenvalue weighted by Gasteiger charge is 2.22. The number of rotatable bonds is 12. The van der Waals surface area contributed by atoms with Crippen LogP contribution in [-0.2, 0) is 32.1 Å². The number of hydrogen-bond acceptors (Lipinski definition) is 4. The van der Waals surface area contributed by atoms with Gasteiger partial charge < -0.3 is 15.2 Å². The Hall–Kier alpha value is -3.93. The summed E-state index contributed by atoms with van der Waals surface area (Å²) >= 11 is 0. The molecule has 35 heavy (non-hydrogen) atoms. The lowest BCUT2D eigenvalue weighted by atomic mass is 9.94. The highest BCUT2D eigenvalue weighted by atomic mass is 16.5. The van der Waals surface area contributed by atoms with Gasteiger partial charge in [-0.2, -0.15) is 0 Å². The molecule has 1 amide bonds. The number of carboxylic acid groups (broad SMARTS) is 1. The number of benzene rings is 3. The number of hydrogen-bond donors (Lipinski definition) is 2. The van der Waals surface area contributed by atoms with Gasteiger partial charge in [0.2, 0.25) is 5.91 Å². The first kappa shape index (κ1) is 25.7. The van der Waals surface area contributed by atoms with Gasteiger partial charge in [-0.25, -0.2) is 0 Å². The topological polar surface area (TPSA) is 92.7 Å². The largest absolute Gasteiger partial charge is 0.481 e. The van der Waals surface area contributed by atoms with Crippen molar-refractivity contribution in [3.63, 3.8) is 0 Å². The summed E-state index contributed by atoms with van der Waals surface area (Å²) in [5.41, 5.74) is 4.13. The lowest BCUT2D eigenvalue weighted by molar-refractivity contribution is -0.150. The van der Waals surface area contributed by atoms with E-state index in [1.165, 1.54) is 0 Å². The number of carbonyl (C=O) groups excluding carboxylic acids is 2. The summed E-state index contributed by atoms with van der Waals surface area (Å²) in [6.07, 6.45) is 0.557. The maximum atomic E-state index is 12.6. The minimum absolute atomic E-state index is 0.106. The number of aliphatic carboxylic acids is 1. The zero-order chi connectivity index (χ0) is 25.0. The quantitative estimate of drug-likeness (QED) is 0.361. The number of amides is 1. The predicted molar refractivity (Wildman–Crippen MR) is 134 cm³/mol. The van der Waals surface area contributed by atoms with Crippen LogP contribution in [0.25, 0.3) is 11.1 Å². The molecular weight excluding hydrogens is 442 g/mol. The molecule has 0 aliphatic rings. The van der Waals surface area contributed by atoms with Crippen LogP contribution in [0.5, 0.6) is 0 Å². The summed E-state index contributed by atoms with van der Waals surface area (Å²) in [6, 6.07) is 27.3. The first-order valence-corrected chi connectivity index (χ1v) is 11.8. The van der Waals surface area contributed by atoms with E-state index in [1.54, 1.807) is 6.92 Å². The van der Waals surface area contributed by atoms with Crippen molar-refractivity contribution in [2.45, 2.75) is 45.3 Å². The van der Waals surface area contributed by atoms with Gasteiger partial charge in [-0.05, 0) is 35.1 Å². The first-order valence-electron chi connectivity index (χ1n) is 11.8. The fourth-order valence-corrected chi connectivity index (χ4v) is 3.86. The molecule has 0 bridgehead atoms. The molecule has 0 fully saturated rings. The molecule has 0 unspecified atom stereocenters. The van der Waals surface area contributed by atoms with E-state index in [1.807, 2.05) is 84.9 Å². The molecule has 2 atom stereocenters. The van der Waals surface area contributed by atoms with Crippen LogP contribution < -0.4 is 5.32 Å². The van der Waals surface area contributed by atoms with E-state index < -0.39 is 11.9 Å². The van der Waals surface area contributed by atoms with Crippen LogP contribution in [0.2, 0.25) is 0 Å². The van der Waals surface area contributed by atoms with Crippen LogP contribution in [0.15, 0.2) is 84.9 Å². The van der Waals surface area contributed by atoms with Crippen LogP contribution in [0.4, 0.5) is 0 Å². The molecule has 2 N–H and O–H groups in total. The van der Waals surface area contributed by atoms with Crippen molar-refractivity contribution in [2.24, 2.45) is 5.92 Å². The molecule has 0 aromatic heterocycles. The van der Waals surface area contributed by atoms with E-state index in [-0.39, 0.29) is 37.4 Å². The van der Waals surface area contributed by atoms with Gasteiger partial charge in [0, 0.05) is 12.5 Å². The Bertz CT molecular complexity index is 1100. The van der Waals surface area contributed by atoms with Crippen molar-refractivity contribution in [3.05, 3.63) is 96.1 Å². The normalized spacial score (nSPS) is 12.4. The number of nitrogens with one attached hydrogen (secondary N) is 1. The lowest BCUT2D eigenvalue weighted by Gasteiger charge is -2.22. The van der Waals surface area contributed by atoms with Crippen LogP contribution in [0, 0.1) is 5.92 Å². The van der Waals surface area contributed by atoms with Gasteiger partial charge >= 0.3 is 11.9 Å². The second kappa shape index (κ2) is 13.1. The molecule has 3 aromatic carbocycles. The van der Waals surface area contributed by atoms with Gasteiger partial charge in [0.05, 0.1) is 12.3 Å². The predicted octanol–water partition coefficient (Wildman–Crippen LogP) is 5.02. The minimum atomic E-state index is -1.02. The Labute approximate surface area is 206 Å². The summed E-state index contributed by atoms with van der Waals surface area (Å²) in [7, 11) is 0. The number of carboxylic acids is 1. The van der Waals surface area contributed by atoms with Gasteiger partial charge in [0.15, 0.2) is 0 Å². The highest BCUT2D eigenvalue weighted by molar-refractivity contribution is 5.81. The molecule has 0 saturated carbocycles. The fraction of sp³-hybridized carbons (Fsp3) is 0.276. The van der Waals surface area contributed by atoms with Gasteiger partial charge in [-0.15, -0.1) is 0 Å². The monoisotopic (exact) mass is 473 g/mol. The molecule has 0 saturated heterocycles. The van der Waals surface area contributed by atoms with Crippen molar-refractivity contribution in [1.82, 2.24) is 5.32 Å². The van der Waals surface area contributed by atoms with Crippen molar-refractivity contribution >= 4 is 17.8 Å². The Morgan fingerprint density at radius 3 is 2.03 bits per heavy atom. The van der Waals surface area contributed by atoms with E-state index in [0.29, 0.717) is 12.8 Å². The van der Waals surface area contributed by atoms with Gasteiger partial charge in [0.1, 0.15) is 6.61 Å². The van der Waals surface area contributed by atoms with Gasteiger partial charge in [0.25, 0.3) is 0 Å². The molecule has 6 nitrogen and oxygen atoms in total. The van der Waals surface area contributed by atoms with Crippen molar-refractivity contribution in [1.29, 1.82) is 0 Å². The van der Waals surface area contributed by atoms with E-state index in [9.17, 15) is 14.4 Å². The summed E-state index contributed by atoms with van der Waals surface area (Å²) in [5, 5.41) is 11.8. The zero-order valence-corrected chi connectivity index (χ0v) is 19.9. The third-order valence-electron chi connectivity index (χ3n) is 5.74. The second-order valence-electron chi connectivity index (χ2n) is 8.66. The van der Waals surface area contributed by atoms with E-state index >= 15 is 0 Å². The zero-order valence-electron chi connectivity index (χ0n) is 19.9. The van der Waals surface area contributed by atoms with Crippen LogP contribution in [0.3, 0.4) is 0 Å². The average Bonchev–Trinajstić information content (AvgIpc) is 2.87. The molecule has 3 aromatic rings. The van der Waals surface area contributed by atoms with Crippen molar-refractivity contribution < 1.29 is 24.2 Å². The molecular formula is C29H31NO5. The molecule has 0 aliphatic heterocycles. The highest BCUT2D eigenvalue weighted by Crippen LogP contribution is 2.21. The van der Waals surface area contributed by atoms with Crippen molar-refractivity contribution in [3.8, 4) is 11.1 Å². The Morgan fingerprint density at radius 2 is 1.40 bits per heavy atom. The summed E-state index contributed by atoms with van der Waals surface area (Å²) in [5.74, 6) is -2.14. The number of ether oxygens (including phenoxy) is 1. The SMILES string of the molecule is C[C@H](C[C@@H](Cc1ccc(-c2ccccc2)cc1)NC(=O)CCC(=O)O)C(=O)OCc1ccccc1. The summed E-state index contributed by atoms with van der Waals surface area (Å²) in [6.45, 7) is 1.98. The van der Waals surface area contributed by atoms with Crippen molar-refractivity contribution in [2.75, 3.05) is 0 Å². The molecule has 182 valence electrons. The number of esters is 1. The van der Waals surface area contributed by atoms with E-state index in [2.05, 4.69) is 5.32 Å². The molecule has 3 rings (SSSR count). The van der Waals surface area contributed by atoms with E-state index in [4.69, 9.17) is 9.84 Å².